The molecule has 52 valence electrons. The summed E-state index contributed by atoms with van der Waals surface area (Å²) in [6, 6.07) is 0.370. The summed E-state index contributed by atoms with van der Waals surface area (Å²) in [4.78, 5) is 2.18. The number of likely N-dealkylation sites (tertiary alicyclic amines) is 1. The standard InChI is InChI=1S/C6H12N2O/c1-8-4-2-3-6(8)5-7-9/h5-6,9H,2-4H2,1H3/b7-5-. The highest BCUT2D eigenvalue weighted by molar-refractivity contribution is 5.63. The summed E-state index contributed by atoms with van der Waals surface area (Å²) in [6.45, 7) is 1.12. The number of rotatable bonds is 1. The van der Waals surface area contributed by atoms with Crippen molar-refractivity contribution in [1.82, 2.24) is 4.90 Å². The summed E-state index contributed by atoms with van der Waals surface area (Å²) in [5, 5.41) is 11.2. The Labute approximate surface area is 55.0 Å². The molecule has 1 saturated heterocycles. The minimum Gasteiger partial charge on any atom is -0.411 e. The monoisotopic (exact) mass is 128 g/mol. The first kappa shape index (κ1) is 6.55. The lowest BCUT2D eigenvalue weighted by Gasteiger charge is -2.12. The van der Waals surface area contributed by atoms with Crippen LogP contribution < -0.4 is 0 Å². The van der Waals surface area contributed by atoms with Crippen molar-refractivity contribution in [3.8, 4) is 0 Å². The van der Waals surface area contributed by atoms with E-state index in [-0.39, 0.29) is 0 Å². The van der Waals surface area contributed by atoms with E-state index in [1.165, 1.54) is 6.42 Å². The van der Waals surface area contributed by atoms with Crippen molar-refractivity contribution in [3.63, 3.8) is 0 Å². The molecule has 0 bridgehead atoms. The molecule has 0 radical (unpaired) electrons. The fourth-order valence-electron chi connectivity index (χ4n) is 1.20. The van der Waals surface area contributed by atoms with Crippen LogP contribution in [0.25, 0.3) is 0 Å². The summed E-state index contributed by atoms with van der Waals surface area (Å²) in [5.74, 6) is 0. The smallest absolute Gasteiger partial charge is 0.0607 e. The third-order valence-corrected chi connectivity index (χ3v) is 1.82. The predicted molar refractivity (Wildman–Crippen MR) is 35.9 cm³/mol. The van der Waals surface area contributed by atoms with Gasteiger partial charge in [-0.2, -0.15) is 0 Å². The van der Waals surface area contributed by atoms with E-state index in [1.807, 2.05) is 7.05 Å². The molecule has 0 amide bonds. The third-order valence-electron chi connectivity index (χ3n) is 1.82. The zero-order chi connectivity index (χ0) is 6.69. The van der Waals surface area contributed by atoms with Crippen molar-refractivity contribution in [3.05, 3.63) is 0 Å². The van der Waals surface area contributed by atoms with Crippen LogP contribution in [0.4, 0.5) is 0 Å². The van der Waals surface area contributed by atoms with E-state index < -0.39 is 0 Å². The van der Waals surface area contributed by atoms with Crippen LogP contribution in [0.2, 0.25) is 0 Å². The quantitative estimate of drug-likeness (QED) is 0.318. The predicted octanol–water partition coefficient (Wildman–Crippen LogP) is 0.541. The molecule has 1 heterocycles. The first-order valence-electron chi connectivity index (χ1n) is 3.22. The number of hydrogen-bond donors (Lipinski definition) is 1. The van der Waals surface area contributed by atoms with E-state index in [2.05, 4.69) is 10.1 Å². The highest BCUT2D eigenvalue weighted by Gasteiger charge is 2.18. The zero-order valence-corrected chi connectivity index (χ0v) is 5.62. The van der Waals surface area contributed by atoms with Crippen LogP contribution in [0, 0.1) is 0 Å². The van der Waals surface area contributed by atoms with Gasteiger partial charge in [0.2, 0.25) is 0 Å². The minimum absolute atomic E-state index is 0.370. The van der Waals surface area contributed by atoms with E-state index >= 15 is 0 Å². The van der Waals surface area contributed by atoms with Gasteiger partial charge in [0.25, 0.3) is 0 Å². The Morgan fingerprint density at radius 3 is 3.00 bits per heavy atom. The van der Waals surface area contributed by atoms with E-state index in [0.29, 0.717) is 6.04 Å². The summed E-state index contributed by atoms with van der Waals surface area (Å²) in [5.41, 5.74) is 0. The van der Waals surface area contributed by atoms with Crippen molar-refractivity contribution in [1.29, 1.82) is 0 Å². The fourth-order valence-corrected chi connectivity index (χ4v) is 1.20. The molecule has 0 saturated carbocycles. The molecule has 1 aliphatic rings. The molecular weight excluding hydrogens is 116 g/mol. The topological polar surface area (TPSA) is 35.8 Å². The zero-order valence-electron chi connectivity index (χ0n) is 5.62. The Bertz CT molecular complexity index is 114. The lowest BCUT2D eigenvalue weighted by molar-refractivity contribution is 0.310. The highest BCUT2D eigenvalue weighted by Crippen LogP contribution is 2.11. The van der Waals surface area contributed by atoms with Gasteiger partial charge in [-0.3, -0.25) is 4.90 Å². The molecule has 0 spiro atoms. The highest BCUT2D eigenvalue weighted by atomic mass is 16.4. The summed E-state index contributed by atoms with van der Waals surface area (Å²) in [6.07, 6.45) is 3.93. The van der Waals surface area contributed by atoms with Gasteiger partial charge >= 0.3 is 0 Å². The maximum Gasteiger partial charge on any atom is 0.0607 e. The number of oxime groups is 1. The van der Waals surface area contributed by atoms with Crippen LogP contribution in [0.5, 0.6) is 0 Å². The van der Waals surface area contributed by atoms with Crippen LogP contribution in [0.15, 0.2) is 5.16 Å². The molecule has 0 aromatic carbocycles. The molecule has 1 unspecified atom stereocenters. The molecule has 1 fully saturated rings. The van der Waals surface area contributed by atoms with Gasteiger partial charge in [-0.05, 0) is 26.4 Å². The Morgan fingerprint density at radius 2 is 2.56 bits per heavy atom. The van der Waals surface area contributed by atoms with Gasteiger partial charge in [-0.25, -0.2) is 0 Å². The summed E-state index contributed by atoms with van der Waals surface area (Å²) < 4.78 is 0. The van der Waals surface area contributed by atoms with E-state index in [9.17, 15) is 0 Å². The number of hydrogen-bond acceptors (Lipinski definition) is 3. The first-order chi connectivity index (χ1) is 4.34. The van der Waals surface area contributed by atoms with Gasteiger partial charge in [-0.15, -0.1) is 5.16 Å². The lowest BCUT2D eigenvalue weighted by atomic mass is 10.2. The molecule has 0 aliphatic carbocycles. The van der Waals surface area contributed by atoms with Gasteiger partial charge in [0.1, 0.15) is 0 Å². The van der Waals surface area contributed by atoms with Crippen molar-refractivity contribution < 1.29 is 5.21 Å². The molecule has 9 heavy (non-hydrogen) atoms. The van der Waals surface area contributed by atoms with Gasteiger partial charge in [0.05, 0.1) is 6.21 Å². The average molecular weight is 128 g/mol. The van der Waals surface area contributed by atoms with Gasteiger partial charge in [-0.1, -0.05) is 0 Å². The lowest BCUT2D eigenvalue weighted by Crippen LogP contribution is -2.25. The van der Waals surface area contributed by atoms with Crippen molar-refractivity contribution >= 4 is 6.21 Å². The molecule has 1 N–H and O–H groups in total. The van der Waals surface area contributed by atoms with Crippen LogP contribution >= 0.6 is 0 Å². The Balaban J connectivity index is 2.39. The average Bonchev–Trinajstić information content (AvgIpc) is 2.18. The maximum absolute atomic E-state index is 8.19. The van der Waals surface area contributed by atoms with E-state index in [1.54, 1.807) is 6.21 Å². The molecular formula is C6H12N2O. The molecule has 3 heteroatoms. The van der Waals surface area contributed by atoms with Crippen molar-refractivity contribution in [2.24, 2.45) is 5.16 Å². The number of nitrogens with zero attached hydrogens (tertiary/aromatic N) is 2. The Kier molecular flexibility index (Phi) is 2.05. The summed E-state index contributed by atoms with van der Waals surface area (Å²) >= 11 is 0. The molecule has 0 aromatic heterocycles. The van der Waals surface area contributed by atoms with E-state index in [0.717, 1.165) is 13.0 Å². The van der Waals surface area contributed by atoms with Crippen LogP contribution in [-0.2, 0) is 0 Å². The summed E-state index contributed by atoms with van der Waals surface area (Å²) in [7, 11) is 2.04. The Hall–Kier alpha value is -0.570. The largest absolute Gasteiger partial charge is 0.411 e. The Morgan fingerprint density at radius 1 is 1.78 bits per heavy atom. The molecule has 1 aliphatic heterocycles. The normalized spacial score (nSPS) is 30.1. The molecule has 1 rings (SSSR count). The third kappa shape index (κ3) is 1.42. The molecule has 1 atom stereocenters. The second-order valence-corrected chi connectivity index (χ2v) is 2.45. The molecule has 3 nitrogen and oxygen atoms in total. The van der Waals surface area contributed by atoms with Gasteiger partial charge in [0, 0.05) is 6.04 Å². The van der Waals surface area contributed by atoms with Crippen LogP contribution in [0.3, 0.4) is 0 Å². The SMILES string of the molecule is CN1CCCC1/C=N\O. The van der Waals surface area contributed by atoms with Crippen LogP contribution in [-0.4, -0.2) is 36.0 Å². The van der Waals surface area contributed by atoms with Gasteiger partial charge < -0.3 is 5.21 Å². The minimum atomic E-state index is 0.370. The molecule has 0 aromatic rings. The van der Waals surface area contributed by atoms with Crippen molar-refractivity contribution in [2.45, 2.75) is 18.9 Å². The van der Waals surface area contributed by atoms with Gasteiger partial charge in [0.15, 0.2) is 0 Å². The maximum atomic E-state index is 8.19. The first-order valence-corrected chi connectivity index (χ1v) is 3.22. The fraction of sp³-hybridized carbons (Fsp3) is 0.833. The van der Waals surface area contributed by atoms with E-state index in [4.69, 9.17) is 5.21 Å². The second kappa shape index (κ2) is 2.82. The second-order valence-electron chi connectivity index (χ2n) is 2.45. The van der Waals surface area contributed by atoms with Crippen molar-refractivity contribution in [2.75, 3.05) is 13.6 Å². The van der Waals surface area contributed by atoms with Crippen LogP contribution in [0.1, 0.15) is 12.8 Å².